The van der Waals surface area contributed by atoms with Crippen LogP contribution in [0.2, 0.25) is 0 Å². The molecule has 0 amide bonds. The van der Waals surface area contributed by atoms with Gasteiger partial charge in [0.05, 0.1) is 0 Å². The minimum atomic E-state index is 0.278. The van der Waals surface area contributed by atoms with Crippen LogP contribution in [0.25, 0.3) is 0 Å². The Balaban J connectivity index is 2.58. The van der Waals surface area contributed by atoms with Crippen LogP contribution in [0.4, 0.5) is 0 Å². The van der Waals surface area contributed by atoms with Crippen LogP contribution in [0.1, 0.15) is 25.0 Å². The van der Waals surface area contributed by atoms with E-state index in [-0.39, 0.29) is 5.41 Å². The summed E-state index contributed by atoms with van der Waals surface area (Å²) in [5.74, 6) is 0.922. The van der Waals surface area contributed by atoms with E-state index in [2.05, 4.69) is 69.6 Å². The molecule has 90 valence electrons. The van der Waals surface area contributed by atoms with Crippen molar-refractivity contribution in [1.29, 1.82) is 0 Å². The molecule has 1 aromatic rings. The summed E-state index contributed by atoms with van der Waals surface area (Å²) in [6.07, 6.45) is 0. The number of thiol groups is 1. The Labute approximate surface area is 105 Å². The molecule has 2 heteroatoms. The highest BCUT2D eigenvalue weighted by molar-refractivity contribution is 7.80. The van der Waals surface area contributed by atoms with Crippen molar-refractivity contribution < 1.29 is 0 Å². The van der Waals surface area contributed by atoms with Gasteiger partial charge >= 0.3 is 0 Å². The smallest absolute Gasteiger partial charge is 0.0233 e. The van der Waals surface area contributed by atoms with Gasteiger partial charge in [-0.1, -0.05) is 38.1 Å². The Morgan fingerprint density at radius 2 is 1.88 bits per heavy atom. The van der Waals surface area contributed by atoms with Crippen LogP contribution in [0, 0.1) is 12.3 Å². The minimum absolute atomic E-state index is 0.278. The molecule has 0 fully saturated rings. The summed E-state index contributed by atoms with van der Waals surface area (Å²) in [5, 5.41) is 0. The Morgan fingerprint density at radius 1 is 1.25 bits per heavy atom. The van der Waals surface area contributed by atoms with E-state index in [0.717, 1.165) is 18.8 Å². The molecule has 0 unspecified atom stereocenters. The highest BCUT2D eigenvalue weighted by Gasteiger charge is 2.18. The maximum absolute atomic E-state index is 4.40. The lowest BCUT2D eigenvalue weighted by Crippen LogP contribution is -2.32. The quantitative estimate of drug-likeness (QED) is 0.768. The lowest BCUT2D eigenvalue weighted by atomic mass is 9.95. The van der Waals surface area contributed by atoms with Gasteiger partial charge in [0.25, 0.3) is 0 Å². The molecule has 0 saturated heterocycles. The summed E-state index contributed by atoms with van der Waals surface area (Å²) in [4.78, 5) is 2.37. The van der Waals surface area contributed by atoms with Crippen LogP contribution in [-0.2, 0) is 6.54 Å². The van der Waals surface area contributed by atoms with E-state index >= 15 is 0 Å². The Bertz CT molecular complexity index is 333. The SMILES string of the molecule is Cc1ccccc1CN(C)CC(C)(C)CS. The molecular formula is C14H23NS. The van der Waals surface area contributed by atoms with E-state index in [1.165, 1.54) is 11.1 Å². The lowest BCUT2D eigenvalue weighted by Gasteiger charge is -2.29. The molecule has 16 heavy (non-hydrogen) atoms. The molecule has 0 spiro atoms. The number of nitrogens with zero attached hydrogens (tertiary/aromatic N) is 1. The molecule has 1 aromatic carbocycles. The zero-order chi connectivity index (χ0) is 12.2. The van der Waals surface area contributed by atoms with Crippen LogP contribution >= 0.6 is 12.6 Å². The number of rotatable bonds is 5. The van der Waals surface area contributed by atoms with Crippen molar-refractivity contribution in [3.05, 3.63) is 35.4 Å². The van der Waals surface area contributed by atoms with Gasteiger partial charge in [-0.3, -0.25) is 0 Å². The van der Waals surface area contributed by atoms with Gasteiger partial charge in [-0.25, -0.2) is 0 Å². The van der Waals surface area contributed by atoms with Crippen molar-refractivity contribution in [2.75, 3.05) is 19.3 Å². The summed E-state index contributed by atoms with van der Waals surface area (Å²) >= 11 is 4.40. The second-order valence-corrected chi connectivity index (χ2v) is 5.74. The zero-order valence-corrected chi connectivity index (χ0v) is 11.7. The standard InChI is InChI=1S/C14H23NS/c1-12-7-5-6-8-13(12)9-15(4)10-14(2,3)11-16/h5-8,16H,9-11H2,1-4H3. The molecule has 0 atom stereocenters. The third kappa shape index (κ3) is 4.18. The van der Waals surface area contributed by atoms with E-state index < -0.39 is 0 Å². The summed E-state index contributed by atoms with van der Waals surface area (Å²) in [5.41, 5.74) is 3.07. The number of hydrogen-bond acceptors (Lipinski definition) is 2. The molecule has 1 nitrogen and oxygen atoms in total. The van der Waals surface area contributed by atoms with Gasteiger partial charge in [0.2, 0.25) is 0 Å². The molecule has 0 N–H and O–H groups in total. The fraction of sp³-hybridized carbons (Fsp3) is 0.571. The second-order valence-electron chi connectivity index (χ2n) is 5.42. The van der Waals surface area contributed by atoms with Gasteiger partial charge in [0.1, 0.15) is 0 Å². The zero-order valence-electron chi connectivity index (χ0n) is 10.8. The van der Waals surface area contributed by atoms with Crippen LogP contribution in [0.3, 0.4) is 0 Å². The van der Waals surface area contributed by atoms with Gasteiger partial charge in [-0.05, 0) is 36.3 Å². The monoisotopic (exact) mass is 237 g/mol. The molecule has 0 aromatic heterocycles. The molecule has 0 bridgehead atoms. The Morgan fingerprint density at radius 3 is 2.44 bits per heavy atom. The Hall–Kier alpha value is -0.470. The molecule has 0 radical (unpaired) electrons. The Kier molecular flexibility index (Phi) is 4.88. The molecule has 0 heterocycles. The normalized spacial score (nSPS) is 12.1. The third-order valence-electron chi connectivity index (χ3n) is 2.83. The largest absolute Gasteiger partial charge is 0.302 e. The highest BCUT2D eigenvalue weighted by Crippen LogP contribution is 2.19. The fourth-order valence-corrected chi connectivity index (χ4v) is 2.01. The average Bonchev–Trinajstić information content (AvgIpc) is 2.21. The number of hydrogen-bond donors (Lipinski definition) is 1. The van der Waals surface area contributed by atoms with Crippen molar-refractivity contribution in [1.82, 2.24) is 4.90 Å². The first-order valence-electron chi connectivity index (χ1n) is 5.78. The van der Waals surface area contributed by atoms with Crippen LogP contribution in [0.5, 0.6) is 0 Å². The first kappa shape index (κ1) is 13.6. The lowest BCUT2D eigenvalue weighted by molar-refractivity contribution is 0.225. The van der Waals surface area contributed by atoms with Crippen molar-refractivity contribution in [3.63, 3.8) is 0 Å². The maximum atomic E-state index is 4.40. The molecular weight excluding hydrogens is 214 g/mol. The average molecular weight is 237 g/mol. The van der Waals surface area contributed by atoms with E-state index in [0.29, 0.717) is 0 Å². The second kappa shape index (κ2) is 5.74. The highest BCUT2D eigenvalue weighted by atomic mass is 32.1. The third-order valence-corrected chi connectivity index (χ3v) is 3.68. The van der Waals surface area contributed by atoms with Crippen LogP contribution in [-0.4, -0.2) is 24.2 Å². The maximum Gasteiger partial charge on any atom is 0.0233 e. The van der Waals surface area contributed by atoms with Crippen molar-refractivity contribution >= 4 is 12.6 Å². The van der Waals surface area contributed by atoms with Gasteiger partial charge in [0, 0.05) is 13.1 Å². The minimum Gasteiger partial charge on any atom is -0.302 e. The first-order chi connectivity index (χ1) is 7.44. The molecule has 1 rings (SSSR count). The summed E-state index contributed by atoms with van der Waals surface area (Å²) < 4.78 is 0. The van der Waals surface area contributed by atoms with E-state index in [1.54, 1.807) is 0 Å². The summed E-state index contributed by atoms with van der Waals surface area (Å²) in [6, 6.07) is 8.59. The first-order valence-corrected chi connectivity index (χ1v) is 6.42. The number of benzene rings is 1. The molecule has 0 aliphatic rings. The van der Waals surface area contributed by atoms with Crippen LogP contribution in [0.15, 0.2) is 24.3 Å². The molecule has 0 aliphatic carbocycles. The van der Waals surface area contributed by atoms with Gasteiger partial charge in [-0.2, -0.15) is 12.6 Å². The van der Waals surface area contributed by atoms with E-state index in [1.807, 2.05) is 0 Å². The topological polar surface area (TPSA) is 3.24 Å². The van der Waals surface area contributed by atoms with Crippen LogP contribution < -0.4 is 0 Å². The van der Waals surface area contributed by atoms with Crippen molar-refractivity contribution in [2.24, 2.45) is 5.41 Å². The van der Waals surface area contributed by atoms with Crippen molar-refractivity contribution in [3.8, 4) is 0 Å². The van der Waals surface area contributed by atoms with Gasteiger partial charge < -0.3 is 4.90 Å². The van der Waals surface area contributed by atoms with E-state index in [4.69, 9.17) is 0 Å². The molecule has 0 aliphatic heterocycles. The summed E-state index contributed by atoms with van der Waals surface area (Å²) in [7, 11) is 2.18. The predicted octanol–water partition coefficient (Wildman–Crippen LogP) is 3.38. The van der Waals surface area contributed by atoms with Crippen molar-refractivity contribution in [2.45, 2.75) is 27.3 Å². The predicted molar refractivity (Wildman–Crippen MR) is 75.1 cm³/mol. The van der Waals surface area contributed by atoms with Gasteiger partial charge in [-0.15, -0.1) is 0 Å². The molecule has 0 saturated carbocycles. The number of aryl methyl sites for hydroxylation is 1. The summed E-state index contributed by atoms with van der Waals surface area (Å²) in [6.45, 7) is 8.78. The van der Waals surface area contributed by atoms with E-state index in [9.17, 15) is 0 Å². The fourth-order valence-electron chi connectivity index (χ4n) is 1.91. The van der Waals surface area contributed by atoms with Gasteiger partial charge in [0.15, 0.2) is 0 Å².